The second-order valence-electron chi connectivity index (χ2n) is 4.70. The van der Waals surface area contributed by atoms with Crippen molar-refractivity contribution in [2.45, 2.75) is 59.8 Å². The first-order valence-corrected chi connectivity index (χ1v) is 5.53. The number of hydrogen-bond donors (Lipinski definition) is 0. The van der Waals surface area contributed by atoms with Crippen molar-refractivity contribution < 1.29 is 9.59 Å². The van der Waals surface area contributed by atoms with E-state index >= 15 is 0 Å². The molecule has 0 aliphatic heterocycles. The van der Waals surface area contributed by atoms with Gasteiger partial charge in [-0.15, -0.1) is 12.8 Å². The third-order valence-corrected chi connectivity index (χ3v) is 2.01. The van der Waals surface area contributed by atoms with Crippen molar-refractivity contribution in [3.8, 4) is 0 Å². The maximum absolute atomic E-state index is 11.3. The van der Waals surface area contributed by atoms with Crippen LogP contribution in [-0.2, 0) is 9.59 Å². The second kappa shape index (κ2) is 9.88. The summed E-state index contributed by atoms with van der Waals surface area (Å²) in [5, 5.41) is 0. The van der Waals surface area contributed by atoms with Gasteiger partial charge in [0.25, 0.3) is 0 Å². The van der Waals surface area contributed by atoms with Crippen LogP contribution in [0.4, 0.5) is 0 Å². The van der Waals surface area contributed by atoms with Gasteiger partial charge in [0.2, 0.25) is 0 Å². The van der Waals surface area contributed by atoms with E-state index in [0.717, 1.165) is 11.8 Å². The van der Waals surface area contributed by atoms with Crippen molar-refractivity contribution in [1.29, 1.82) is 0 Å². The molecule has 0 N–H and O–H groups in total. The zero-order chi connectivity index (χ0) is 11.8. The van der Waals surface area contributed by atoms with Gasteiger partial charge in [0.05, 0.1) is 0 Å². The molecule has 0 atom stereocenters. The van der Waals surface area contributed by atoms with E-state index in [4.69, 9.17) is 0 Å². The Morgan fingerprint density at radius 1 is 0.765 bits per heavy atom. The number of rotatable bonds is 8. The van der Waals surface area contributed by atoms with E-state index in [1.807, 2.05) is 27.7 Å². The molecular formula is C13H22O2Rf2-2. The second-order valence-corrected chi connectivity index (χ2v) is 4.70. The van der Waals surface area contributed by atoms with Gasteiger partial charge in [-0.3, -0.25) is 0 Å². The third-order valence-electron chi connectivity index (χ3n) is 2.01. The number of carbonyl (C=O) groups is 2. The van der Waals surface area contributed by atoms with E-state index in [1.54, 1.807) is 0 Å². The quantitative estimate of drug-likeness (QED) is 0.358. The summed E-state index contributed by atoms with van der Waals surface area (Å²) in [5.41, 5.74) is 0. The first kappa shape index (κ1) is 19.8. The molecule has 0 aromatic carbocycles. The normalized spacial score (nSPS) is 9.76. The Morgan fingerprint density at radius 3 is 1.29 bits per heavy atom. The summed E-state index contributed by atoms with van der Waals surface area (Å²) in [4.78, 5) is 22.6. The van der Waals surface area contributed by atoms with Gasteiger partial charge in [-0.25, -0.2) is 0 Å². The molecular weight excluding hydrogens is 722 g/mol. The van der Waals surface area contributed by atoms with E-state index < -0.39 is 0 Å². The Bertz CT molecular complexity index is 191. The largest absolute Gasteiger partial charge is 0.313 e. The molecule has 0 saturated carbocycles. The third kappa shape index (κ3) is 13.3. The number of Topliss-reactive ketones (excluding diaryl/α,β-unsaturated/α-hetero) is 2. The number of carbonyl (C=O) groups excluding carboxylic acids is 2. The van der Waals surface area contributed by atoms with Gasteiger partial charge in [-0.2, -0.15) is 27.7 Å². The summed E-state index contributed by atoms with van der Waals surface area (Å²) in [5.74, 6) is 2.79. The molecule has 0 unspecified atom stereocenters. The number of hydrogen-bond acceptors (Lipinski definition) is 2. The predicted octanol–water partition coefficient (Wildman–Crippen LogP) is 3.30. The van der Waals surface area contributed by atoms with Crippen LogP contribution in [0, 0.1) is 11.8 Å². The first-order chi connectivity index (χ1) is 6.91. The molecule has 4 heteroatoms. The van der Waals surface area contributed by atoms with Crippen LogP contribution in [0.1, 0.15) is 59.8 Å². The summed E-state index contributed by atoms with van der Waals surface area (Å²) < 4.78 is 0. The average molecular weight is 744 g/mol. The SMILES string of the molecule is C[C-](C)CC(=O)CCCC(=O)C[C-](C)C.[Rf].[Rf]. The van der Waals surface area contributed by atoms with Crippen molar-refractivity contribution in [2.24, 2.45) is 0 Å². The molecule has 0 aromatic rings. The minimum Gasteiger partial charge on any atom is -0.313 e. The summed E-state index contributed by atoms with van der Waals surface area (Å²) in [6, 6.07) is 0. The summed E-state index contributed by atoms with van der Waals surface area (Å²) >= 11 is 0. The Hall–Kier alpha value is -2.66. The molecule has 0 aliphatic carbocycles. The van der Waals surface area contributed by atoms with E-state index in [0.29, 0.717) is 32.1 Å². The molecule has 0 heterocycles. The van der Waals surface area contributed by atoms with Crippen LogP contribution in [0.5, 0.6) is 0 Å². The molecule has 92 valence electrons. The zero-order valence-corrected chi connectivity index (χ0v) is 24.6. The molecule has 0 spiro atoms. The molecule has 0 aromatic heterocycles. The molecule has 2 nitrogen and oxygen atoms in total. The molecule has 0 aliphatic rings. The van der Waals surface area contributed by atoms with Crippen LogP contribution in [-0.4, -0.2) is 11.6 Å². The van der Waals surface area contributed by atoms with Gasteiger partial charge in [-0.1, -0.05) is 0 Å². The van der Waals surface area contributed by atoms with Crippen LogP contribution in [0.15, 0.2) is 0 Å². The standard InChI is InChI=1S/C13H22O2.2Rf/c1-10(2)8-12(14)6-5-7-13(15)9-11(3)4;;/h5-9H2,1-4H3;;/q-2;;. The maximum atomic E-state index is 11.3. The van der Waals surface area contributed by atoms with Crippen molar-refractivity contribution >= 4 is 11.6 Å². The van der Waals surface area contributed by atoms with Gasteiger partial charge in [0, 0.05) is 12.8 Å². The van der Waals surface area contributed by atoms with Crippen LogP contribution in [0.2, 0.25) is 0 Å². The maximum Gasteiger partial charge on any atom is 0.103 e. The van der Waals surface area contributed by atoms with Crippen molar-refractivity contribution in [1.82, 2.24) is 0 Å². The minimum absolute atomic E-state index is 0. The molecule has 0 bridgehead atoms. The average Bonchev–Trinajstić information content (AvgIpc) is 2.00. The van der Waals surface area contributed by atoms with Gasteiger partial charge in [0.15, 0.2) is 0 Å². The van der Waals surface area contributed by atoms with Gasteiger partial charge < -0.3 is 21.4 Å². The summed E-state index contributed by atoms with van der Waals surface area (Å²) in [6.45, 7) is 7.83. The molecule has 0 amide bonds. The molecule has 0 saturated heterocycles. The predicted molar refractivity (Wildman–Crippen MR) is 62.3 cm³/mol. The summed E-state index contributed by atoms with van der Waals surface area (Å²) in [6.07, 6.45) is 2.91. The topological polar surface area (TPSA) is 34.1 Å². The molecule has 0 radical (unpaired) electrons. The Morgan fingerprint density at radius 2 is 1.06 bits per heavy atom. The van der Waals surface area contributed by atoms with Gasteiger partial charge >= 0.3 is 0 Å². The van der Waals surface area contributed by atoms with Crippen molar-refractivity contribution in [2.75, 3.05) is 0 Å². The van der Waals surface area contributed by atoms with Crippen LogP contribution in [0.25, 0.3) is 0 Å². The fourth-order valence-electron chi connectivity index (χ4n) is 1.45. The first-order valence-electron chi connectivity index (χ1n) is 5.53. The molecule has 0 rings (SSSR count). The Balaban J connectivity index is -0.000000980. The smallest absolute Gasteiger partial charge is 0.103 e. The van der Waals surface area contributed by atoms with Gasteiger partial charge in [0.1, 0.15) is 11.6 Å². The van der Waals surface area contributed by atoms with E-state index in [-0.39, 0.29) is 11.6 Å². The van der Waals surface area contributed by atoms with E-state index in [1.165, 1.54) is 0 Å². The Labute approximate surface area is 93.4 Å². The fraction of sp³-hybridized carbons (Fsp3) is 0.692. The zero-order valence-electron chi connectivity index (χ0n) is 11.8. The van der Waals surface area contributed by atoms with Crippen LogP contribution < -0.4 is 0 Å². The van der Waals surface area contributed by atoms with Crippen LogP contribution in [0.3, 0.4) is 0 Å². The minimum atomic E-state index is 0. The molecule has 0 fully saturated rings. The fourth-order valence-corrected chi connectivity index (χ4v) is 1.45. The monoisotopic (exact) mass is 744 g/mol. The van der Waals surface area contributed by atoms with Crippen molar-refractivity contribution in [3.05, 3.63) is 11.8 Å². The van der Waals surface area contributed by atoms with Gasteiger partial charge in [-0.05, 0) is 6.42 Å². The van der Waals surface area contributed by atoms with Crippen molar-refractivity contribution in [3.63, 3.8) is 0 Å². The molecule has 17 heavy (non-hydrogen) atoms. The number of ketones is 2. The van der Waals surface area contributed by atoms with E-state index in [2.05, 4.69) is 0 Å². The van der Waals surface area contributed by atoms with Crippen LogP contribution >= 0.6 is 0 Å². The Kier molecular flexibility index (Phi) is 11.5. The summed E-state index contributed by atoms with van der Waals surface area (Å²) in [7, 11) is 0. The van der Waals surface area contributed by atoms with E-state index in [9.17, 15) is 9.59 Å².